The Hall–Kier alpha value is -3.57. The summed E-state index contributed by atoms with van der Waals surface area (Å²) in [4.78, 5) is 29.8. The Bertz CT molecular complexity index is 1090. The third kappa shape index (κ3) is 13.7. The first-order valence-corrected chi connectivity index (χ1v) is 12.5. The number of ether oxygens (including phenoxy) is 3. The zero-order valence-corrected chi connectivity index (χ0v) is 23.7. The van der Waals surface area contributed by atoms with Crippen LogP contribution in [0.25, 0.3) is 11.3 Å². The van der Waals surface area contributed by atoms with Crippen LogP contribution in [0.1, 0.15) is 67.4 Å². The number of anilines is 1. The van der Waals surface area contributed by atoms with Gasteiger partial charge in [-0.25, -0.2) is 19.6 Å². The SMILES string of the molecule is CC(C)(C)OC(N)=O.CC(C)CC(C)COc1ccc(-c2ccnc(NC(=O)OC(C)C)n2)cc1C(F)(F)F. The minimum absolute atomic E-state index is 0.0699. The quantitative estimate of drug-likeness (QED) is 0.356. The van der Waals surface area contributed by atoms with E-state index in [4.69, 9.17) is 15.2 Å². The maximum absolute atomic E-state index is 13.7. The number of halogens is 3. The highest BCUT2D eigenvalue weighted by atomic mass is 19.4. The zero-order chi connectivity index (χ0) is 30.0. The summed E-state index contributed by atoms with van der Waals surface area (Å²) in [6, 6.07) is 5.24. The van der Waals surface area contributed by atoms with E-state index >= 15 is 0 Å². The van der Waals surface area contributed by atoms with E-state index in [1.54, 1.807) is 34.6 Å². The maximum atomic E-state index is 13.7. The van der Waals surface area contributed by atoms with E-state index in [1.165, 1.54) is 24.4 Å². The fraction of sp³-hybridized carbons (Fsp3) is 0.556. The highest BCUT2D eigenvalue weighted by molar-refractivity contribution is 5.82. The first-order chi connectivity index (χ1) is 17.9. The summed E-state index contributed by atoms with van der Waals surface area (Å²) >= 11 is 0. The number of benzene rings is 1. The number of carbonyl (C=O) groups excluding carboxylic acids is 2. The lowest BCUT2D eigenvalue weighted by Gasteiger charge is -2.19. The molecule has 1 aromatic heterocycles. The van der Waals surface area contributed by atoms with Crippen molar-refractivity contribution in [3.8, 4) is 17.0 Å². The molecule has 1 unspecified atom stereocenters. The van der Waals surface area contributed by atoms with Gasteiger partial charge in [0.05, 0.1) is 24.0 Å². The topological polar surface area (TPSA) is 126 Å². The highest BCUT2D eigenvalue weighted by Gasteiger charge is 2.35. The van der Waals surface area contributed by atoms with Crippen molar-refractivity contribution in [1.29, 1.82) is 0 Å². The number of aromatic nitrogens is 2. The molecule has 3 N–H and O–H groups in total. The predicted molar refractivity (Wildman–Crippen MR) is 142 cm³/mol. The molecule has 1 atom stereocenters. The van der Waals surface area contributed by atoms with Gasteiger partial charge < -0.3 is 19.9 Å². The second-order valence-electron chi connectivity index (χ2n) is 10.6. The number of hydrogen-bond acceptors (Lipinski definition) is 7. The molecule has 0 aliphatic heterocycles. The Kier molecular flexibility index (Phi) is 12.5. The van der Waals surface area contributed by atoms with E-state index in [9.17, 15) is 22.8 Å². The van der Waals surface area contributed by atoms with Crippen LogP contribution in [-0.2, 0) is 15.7 Å². The Morgan fingerprint density at radius 3 is 2.18 bits per heavy atom. The normalized spacial score (nSPS) is 12.3. The predicted octanol–water partition coefficient (Wildman–Crippen LogP) is 7.06. The van der Waals surface area contributed by atoms with Crippen LogP contribution in [0.3, 0.4) is 0 Å². The van der Waals surface area contributed by atoms with Gasteiger partial charge in [-0.1, -0.05) is 20.8 Å². The van der Waals surface area contributed by atoms with Gasteiger partial charge in [0.25, 0.3) is 0 Å². The third-order valence-corrected chi connectivity index (χ3v) is 4.60. The highest BCUT2D eigenvalue weighted by Crippen LogP contribution is 2.39. The Morgan fingerprint density at radius 1 is 1.05 bits per heavy atom. The van der Waals surface area contributed by atoms with Gasteiger partial charge in [0.15, 0.2) is 0 Å². The molecule has 0 radical (unpaired) electrons. The van der Waals surface area contributed by atoms with Crippen LogP contribution >= 0.6 is 0 Å². The zero-order valence-electron chi connectivity index (χ0n) is 23.7. The van der Waals surface area contributed by atoms with Crippen molar-refractivity contribution >= 4 is 18.1 Å². The molecule has 2 amide bonds. The molecule has 0 bridgehead atoms. The third-order valence-electron chi connectivity index (χ3n) is 4.60. The van der Waals surface area contributed by atoms with Gasteiger partial charge in [0, 0.05) is 11.8 Å². The van der Waals surface area contributed by atoms with Gasteiger partial charge in [-0.15, -0.1) is 0 Å². The second-order valence-corrected chi connectivity index (χ2v) is 10.6. The number of nitrogens with one attached hydrogen (secondary N) is 1. The molecule has 0 saturated carbocycles. The summed E-state index contributed by atoms with van der Waals surface area (Å²) in [6.07, 6.45) is -4.20. The van der Waals surface area contributed by atoms with Crippen LogP contribution in [0.2, 0.25) is 0 Å². The molecule has 2 rings (SSSR count). The van der Waals surface area contributed by atoms with Crippen LogP contribution in [0.15, 0.2) is 30.5 Å². The number of nitrogens with zero attached hydrogens (tertiary/aromatic N) is 2. The minimum atomic E-state index is -4.60. The van der Waals surface area contributed by atoms with Gasteiger partial charge in [0.1, 0.15) is 11.4 Å². The van der Waals surface area contributed by atoms with Crippen LogP contribution < -0.4 is 15.8 Å². The molecule has 218 valence electrons. The molecule has 0 aliphatic rings. The van der Waals surface area contributed by atoms with E-state index < -0.39 is 29.5 Å². The maximum Gasteiger partial charge on any atom is 0.419 e. The molecule has 12 heteroatoms. The van der Waals surface area contributed by atoms with Gasteiger partial charge in [-0.2, -0.15) is 13.2 Å². The smallest absolute Gasteiger partial charge is 0.419 e. The molecule has 1 heterocycles. The second kappa shape index (κ2) is 14.5. The molecule has 9 nitrogen and oxygen atoms in total. The largest absolute Gasteiger partial charge is 0.493 e. The molecular weight excluding hydrogens is 517 g/mol. The van der Waals surface area contributed by atoms with Gasteiger partial charge in [0.2, 0.25) is 5.95 Å². The molecule has 2 aromatic rings. The lowest BCUT2D eigenvalue weighted by Crippen LogP contribution is -2.27. The number of primary amides is 1. The number of carbonyl (C=O) groups is 2. The molecule has 0 aliphatic carbocycles. The Labute approximate surface area is 227 Å². The minimum Gasteiger partial charge on any atom is -0.493 e. The number of alkyl halides is 3. The summed E-state index contributed by atoms with van der Waals surface area (Å²) < 4.78 is 56.0. The van der Waals surface area contributed by atoms with Crippen molar-refractivity contribution in [3.05, 3.63) is 36.0 Å². The van der Waals surface area contributed by atoms with Gasteiger partial charge in [-0.3, -0.25) is 5.32 Å². The van der Waals surface area contributed by atoms with E-state index in [2.05, 4.69) is 33.9 Å². The summed E-state index contributed by atoms with van der Waals surface area (Å²) in [5.41, 5.74) is 3.83. The summed E-state index contributed by atoms with van der Waals surface area (Å²) in [5, 5.41) is 2.36. The molecule has 0 spiro atoms. The van der Waals surface area contributed by atoms with Crippen LogP contribution in [0.5, 0.6) is 5.75 Å². The fourth-order valence-electron chi connectivity index (χ4n) is 3.36. The van der Waals surface area contributed by atoms with Crippen molar-refractivity contribution in [2.24, 2.45) is 17.6 Å². The monoisotopic (exact) mass is 556 g/mol. The van der Waals surface area contributed by atoms with Crippen LogP contribution in [0.4, 0.5) is 28.7 Å². The number of nitrogens with two attached hydrogens (primary N) is 1. The first-order valence-electron chi connectivity index (χ1n) is 12.5. The van der Waals surface area contributed by atoms with Gasteiger partial charge >= 0.3 is 18.4 Å². The van der Waals surface area contributed by atoms with Crippen molar-refractivity contribution in [2.75, 3.05) is 11.9 Å². The Morgan fingerprint density at radius 2 is 1.69 bits per heavy atom. The van der Waals surface area contributed by atoms with Crippen molar-refractivity contribution in [3.63, 3.8) is 0 Å². The molecule has 0 fully saturated rings. The van der Waals surface area contributed by atoms with E-state index in [0.29, 0.717) is 5.92 Å². The first kappa shape index (κ1) is 33.5. The molecule has 0 saturated heterocycles. The van der Waals surface area contributed by atoms with Crippen molar-refractivity contribution in [2.45, 2.75) is 79.7 Å². The average molecular weight is 557 g/mol. The summed E-state index contributed by atoms with van der Waals surface area (Å²) in [7, 11) is 0. The summed E-state index contributed by atoms with van der Waals surface area (Å²) in [5.74, 6) is 0.266. The lowest BCUT2D eigenvalue weighted by atomic mass is 10.00. The van der Waals surface area contributed by atoms with E-state index in [1.807, 2.05) is 6.92 Å². The molecular formula is C27H39F3N4O5. The van der Waals surface area contributed by atoms with Gasteiger partial charge in [-0.05, 0) is 77.1 Å². The van der Waals surface area contributed by atoms with Crippen LogP contribution in [0, 0.1) is 11.8 Å². The van der Waals surface area contributed by atoms with Crippen LogP contribution in [-0.4, -0.2) is 40.5 Å². The van der Waals surface area contributed by atoms with Crippen molar-refractivity contribution < 1.29 is 37.0 Å². The van der Waals surface area contributed by atoms with Crippen molar-refractivity contribution in [1.82, 2.24) is 9.97 Å². The number of amides is 2. The standard InChI is InChI=1S/C22H28F3N3O3.C5H11NO2/c1-13(2)10-15(5)12-30-19-7-6-16(11-17(19)22(23,24)25)18-8-9-26-20(27-18)28-21(29)31-14(3)4;1-5(2,3)8-4(6)7/h6-9,11,13-15H,10,12H2,1-5H3,(H,26,27,28,29);1-3H3,(H2,6,7). The van der Waals surface area contributed by atoms with E-state index in [0.717, 1.165) is 12.5 Å². The molecule has 39 heavy (non-hydrogen) atoms. The number of hydrogen-bond donors (Lipinski definition) is 2. The fourth-order valence-corrected chi connectivity index (χ4v) is 3.36. The Balaban J connectivity index is 0.000000824. The number of rotatable bonds is 8. The lowest BCUT2D eigenvalue weighted by molar-refractivity contribution is -0.139. The molecule has 1 aromatic carbocycles. The average Bonchev–Trinajstić information content (AvgIpc) is 2.75. The summed E-state index contributed by atoms with van der Waals surface area (Å²) in [6.45, 7) is 14.9. The van der Waals surface area contributed by atoms with E-state index in [-0.39, 0.29) is 41.6 Å².